The van der Waals surface area contributed by atoms with E-state index in [1.807, 2.05) is 0 Å². The van der Waals surface area contributed by atoms with Crippen molar-refractivity contribution < 1.29 is 18.3 Å². The normalized spacial score (nSPS) is 10.6. The summed E-state index contributed by atoms with van der Waals surface area (Å²) in [6.07, 6.45) is -2.41. The minimum absolute atomic E-state index is 0.163. The van der Waals surface area contributed by atoms with E-state index in [-0.39, 0.29) is 35.6 Å². The number of methoxy groups -OCH3 is 1. The molecule has 0 radical (unpaired) electrons. The van der Waals surface area contributed by atoms with Gasteiger partial charge in [0.25, 0.3) is 6.43 Å². The van der Waals surface area contributed by atoms with Gasteiger partial charge in [-0.3, -0.25) is 4.79 Å². The molecule has 0 unspecified atom stereocenters. The Morgan fingerprint density at radius 2 is 2.19 bits per heavy atom. The molecule has 0 aliphatic carbocycles. The Bertz CT molecular complexity index is 380. The lowest BCUT2D eigenvalue weighted by Gasteiger charge is -2.09. The van der Waals surface area contributed by atoms with Crippen LogP contribution < -0.4 is 10.5 Å². The Labute approximate surface area is 92.2 Å². The van der Waals surface area contributed by atoms with Crippen LogP contribution in [0.2, 0.25) is 0 Å². The first-order chi connectivity index (χ1) is 7.60. The zero-order valence-electron chi connectivity index (χ0n) is 8.87. The van der Waals surface area contributed by atoms with Crippen molar-refractivity contribution in [1.29, 1.82) is 0 Å². The highest BCUT2D eigenvalue weighted by atomic mass is 19.3. The molecule has 16 heavy (non-hydrogen) atoms. The van der Waals surface area contributed by atoms with Gasteiger partial charge in [-0.15, -0.1) is 0 Å². The van der Waals surface area contributed by atoms with Crippen LogP contribution in [0.1, 0.15) is 28.8 Å². The van der Waals surface area contributed by atoms with E-state index in [0.717, 1.165) is 0 Å². The van der Waals surface area contributed by atoms with Crippen molar-refractivity contribution in [3.8, 4) is 5.75 Å². The minimum atomic E-state index is -2.58. The molecule has 0 bridgehead atoms. The molecular weight excluding hydrogens is 216 g/mol. The zero-order valence-corrected chi connectivity index (χ0v) is 8.87. The molecule has 0 fully saturated rings. The molecule has 0 amide bonds. The molecule has 0 aliphatic rings. The zero-order chi connectivity index (χ0) is 12.1. The molecule has 0 atom stereocenters. The van der Waals surface area contributed by atoms with Crippen LogP contribution in [0.3, 0.4) is 0 Å². The van der Waals surface area contributed by atoms with Gasteiger partial charge in [0.05, 0.1) is 12.7 Å². The summed E-state index contributed by atoms with van der Waals surface area (Å²) in [5.74, 6) is -0.0450. The van der Waals surface area contributed by atoms with Crippen molar-refractivity contribution in [2.75, 3.05) is 13.7 Å². The third-order valence-electron chi connectivity index (χ3n) is 2.15. The topological polar surface area (TPSA) is 52.3 Å². The second kappa shape index (κ2) is 5.55. The summed E-state index contributed by atoms with van der Waals surface area (Å²) in [5.41, 5.74) is 5.38. The summed E-state index contributed by atoms with van der Waals surface area (Å²) >= 11 is 0. The molecule has 0 saturated heterocycles. The molecule has 0 saturated carbocycles. The number of halogens is 2. The van der Waals surface area contributed by atoms with Gasteiger partial charge in [0.2, 0.25) is 0 Å². The SMILES string of the molecule is COc1cc(C(F)F)ccc1C(=O)CCN. The van der Waals surface area contributed by atoms with E-state index < -0.39 is 6.43 Å². The van der Waals surface area contributed by atoms with Gasteiger partial charge in [-0.05, 0) is 18.7 Å². The van der Waals surface area contributed by atoms with Crippen molar-refractivity contribution >= 4 is 5.78 Å². The summed E-state index contributed by atoms with van der Waals surface area (Å²) in [7, 11) is 1.34. The molecule has 1 aromatic carbocycles. The predicted octanol–water partition coefficient (Wildman–Crippen LogP) is 2.16. The first-order valence-corrected chi connectivity index (χ1v) is 4.79. The van der Waals surface area contributed by atoms with Gasteiger partial charge in [0.15, 0.2) is 5.78 Å². The highest BCUT2D eigenvalue weighted by Crippen LogP contribution is 2.27. The van der Waals surface area contributed by atoms with E-state index in [0.29, 0.717) is 0 Å². The maximum atomic E-state index is 12.4. The largest absolute Gasteiger partial charge is 0.496 e. The van der Waals surface area contributed by atoms with Gasteiger partial charge in [0.1, 0.15) is 5.75 Å². The van der Waals surface area contributed by atoms with Crippen LogP contribution in [0.5, 0.6) is 5.75 Å². The van der Waals surface area contributed by atoms with Crippen LogP contribution in [0.4, 0.5) is 8.78 Å². The summed E-state index contributed by atoms with van der Waals surface area (Å²) in [6.45, 7) is 0.221. The number of benzene rings is 1. The van der Waals surface area contributed by atoms with Gasteiger partial charge >= 0.3 is 0 Å². The van der Waals surface area contributed by atoms with Crippen LogP contribution >= 0.6 is 0 Å². The number of hydrogen-bond acceptors (Lipinski definition) is 3. The molecule has 3 nitrogen and oxygen atoms in total. The smallest absolute Gasteiger partial charge is 0.263 e. The van der Waals surface area contributed by atoms with Crippen LogP contribution in [-0.2, 0) is 0 Å². The minimum Gasteiger partial charge on any atom is -0.496 e. The van der Waals surface area contributed by atoms with E-state index in [4.69, 9.17) is 10.5 Å². The summed E-state index contributed by atoms with van der Waals surface area (Å²) in [4.78, 5) is 11.6. The lowest BCUT2D eigenvalue weighted by atomic mass is 10.0. The summed E-state index contributed by atoms with van der Waals surface area (Å²) < 4.78 is 29.7. The average molecular weight is 229 g/mol. The second-order valence-corrected chi connectivity index (χ2v) is 3.22. The summed E-state index contributed by atoms with van der Waals surface area (Å²) in [6, 6.07) is 3.74. The van der Waals surface area contributed by atoms with Gasteiger partial charge in [-0.25, -0.2) is 8.78 Å². The Hall–Kier alpha value is -1.49. The monoisotopic (exact) mass is 229 g/mol. The first kappa shape index (κ1) is 12.6. The molecule has 1 aromatic rings. The third kappa shape index (κ3) is 2.76. The maximum Gasteiger partial charge on any atom is 0.263 e. The van der Waals surface area contributed by atoms with Crippen LogP contribution in [0, 0.1) is 0 Å². The van der Waals surface area contributed by atoms with E-state index in [1.165, 1.54) is 25.3 Å². The van der Waals surface area contributed by atoms with Gasteiger partial charge < -0.3 is 10.5 Å². The fourth-order valence-electron chi connectivity index (χ4n) is 1.34. The molecule has 0 aliphatic heterocycles. The lowest BCUT2D eigenvalue weighted by molar-refractivity contribution is 0.0981. The van der Waals surface area contributed by atoms with E-state index in [1.54, 1.807) is 0 Å². The van der Waals surface area contributed by atoms with E-state index in [2.05, 4.69) is 0 Å². The lowest BCUT2D eigenvalue weighted by Crippen LogP contribution is -2.09. The van der Waals surface area contributed by atoms with Crippen molar-refractivity contribution in [2.45, 2.75) is 12.8 Å². The summed E-state index contributed by atoms with van der Waals surface area (Å²) in [5, 5.41) is 0. The number of ether oxygens (including phenoxy) is 1. The number of rotatable bonds is 5. The number of Topliss-reactive ketones (excluding diaryl/α,β-unsaturated/α-hetero) is 1. The Balaban J connectivity index is 3.06. The Morgan fingerprint density at radius 1 is 1.50 bits per heavy atom. The standard InChI is InChI=1S/C11H13F2NO2/c1-16-10-6-7(11(12)13)2-3-8(10)9(15)4-5-14/h2-3,6,11H,4-5,14H2,1H3. The fraction of sp³-hybridized carbons (Fsp3) is 0.364. The number of ketones is 1. The number of alkyl halides is 2. The Morgan fingerprint density at radius 3 is 2.69 bits per heavy atom. The van der Waals surface area contributed by atoms with E-state index >= 15 is 0 Å². The number of carbonyl (C=O) groups is 1. The van der Waals surface area contributed by atoms with Crippen molar-refractivity contribution in [3.05, 3.63) is 29.3 Å². The molecule has 0 heterocycles. The van der Waals surface area contributed by atoms with Crippen LogP contribution in [0.25, 0.3) is 0 Å². The number of carbonyl (C=O) groups excluding carboxylic acids is 1. The highest BCUT2D eigenvalue weighted by Gasteiger charge is 2.15. The third-order valence-corrected chi connectivity index (χ3v) is 2.15. The molecular formula is C11H13F2NO2. The van der Waals surface area contributed by atoms with Crippen molar-refractivity contribution in [1.82, 2.24) is 0 Å². The molecule has 1 rings (SSSR count). The molecule has 88 valence electrons. The van der Waals surface area contributed by atoms with Crippen molar-refractivity contribution in [2.24, 2.45) is 5.73 Å². The van der Waals surface area contributed by atoms with Crippen LogP contribution in [-0.4, -0.2) is 19.4 Å². The van der Waals surface area contributed by atoms with Crippen molar-refractivity contribution in [3.63, 3.8) is 0 Å². The van der Waals surface area contributed by atoms with Gasteiger partial charge in [-0.2, -0.15) is 0 Å². The fourth-order valence-corrected chi connectivity index (χ4v) is 1.34. The average Bonchev–Trinajstić information content (AvgIpc) is 2.28. The molecule has 0 spiro atoms. The van der Waals surface area contributed by atoms with Crippen LogP contribution in [0.15, 0.2) is 18.2 Å². The first-order valence-electron chi connectivity index (χ1n) is 4.79. The molecule has 2 N–H and O–H groups in total. The van der Waals surface area contributed by atoms with E-state index in [9.17, 15) is 13.6 Å². The van der Waals surface area contributed by atoms with Gasteiger partial charge in [0, 0.05) is 12.0 Å². The van der Waals surface area contributed by atoms with Gasteiger partial charge in [-0.1, -0.05) is 6.07 Å². The quantitative estimate of drug-likeness (QED) is 0.787. The Kier molecular flexibility index (Phi) is 4.37. The molecule has 5 heteroatoms. The second-order valence-electron chi connectivity index (χ2n) is 3.22. The number of nitrogens with two attached hydrogens (primary N) is 1. The predicted molar refractivity (Wildman–Crippen MR) is 56.0 cm³/mol. The highest BCUT2D eigenvalue weighted by molar-refractivity contribution is 5.98. The molecule has 0 aromatic heterocycles. The maximum absolute atomic E-state index is 12.4. The number of hydrogen-bond donors (Lipinski definition) is 1.